The molecule has 1 heterocycles. The molecule has 21 heavy (non-hydrogen) atoms. The fourth-order valence-corrected chi connectivity index (χ4v) is 3.34. The summed E-state index contributed by atoms with van der Waals surface area (Å²) < 4.78 is 24.6. The third-order valence-corrected chi connectivity index (χ3v) is 4.47. The summed E-state index contributed by atoms with van der Waals surface area (Å²) in [5, 5.41) is 0. The maximum atomic E-state index is 13.1. The SMILES string of the molecule is Nc1cc(C(=O)OC2CCOC3(CCCC3)C2)ccc1F. The zero-order valence-corrected chi connectivity index (χ0v) is 11.9. The number of carbonyl (C=O) groups excluding carboxylic acids is 1. The number of hydrogen-bond acceptors (Lipinski definition) is 4. The molecular weight excluding hydrogens is 273 g/mol. The van der Waals surface area contributed by atoms with Crippen molar-refractivity contribution in [1.82, 2.24) is 0 Å². The smallest absolute Gasteiger partial charge is 0.338 e. The van der Waals surface area contributed by atoms with Gasteiger partial charge < -0.3 is 15.2 Å². The lowest BCUT2D eigenvalue weighted by atomic mass is 9.90. The van der Waals surface area contributed by atoms with E-state index in [1.165, 1.54) is 31.0 Å². The Bertz CT molecular complexity index is 540. The standard InChI is InChI=1S/C16H20FNO3/c17-13-4-3-11(9-14(13)18)15(19)21-12-5-8-20-16(10-12)6-1-2-7-16/h3-4,9,12H,1-2,5-8,10,18H2. The zero-order valence-electron chi connectivity index (χ0n) is 11.9. The van der Waals surface area contributed by atoms with Crippen molar-refractivity contribution < 1.29 is 18.7 Å². The number of hydrogen-bond donors (Lipinski definition) is 1. The minimum Gasteiger partial charge on any atom is -0.459 e. The summed E-state index contributed by atoms with van der Waals surface area (Å²) in [7, 11) is 0. The van der Waals surface area contributed by atoms with Crippen LogP contribution in [0.1, 0.15) is 48.9 Å². The van der Waals surface area contributed by atoms with E-state index in [-0.39, 0.29) is 17.4 Å². The van der Waals surface area contributed by atoms with Crippen molar-refractivity contribution >= 4 is 11.7 Å². The summed E-state index contributed by atoms with van der Waals surface area (Å²) in [6, 6.07) is 3.91. The van der Waals surface area contributed by atoms with E-state index in [2.05, 4.69) is 0 Å². The molecule has 1 saturated heterocycles. The Morgan fingerprint density at radius 1 is 1.38 bits per heavy atom. The molecule has 1 aromatic rings. The molecule has 114 valence electrons. The normalized spacial score (nSPS) is 24.1. The Hall–Kier alpha value is -1.62. The van der Waals surface area contributed by atoms with Crippen molar-refractivity contribution in [3.63, 3.8) is 0 Å². The van der Waals surface area contributed by atoms with Gasteiger partial charge in [-0.25, -0.2) is 9.18 Å². The molecule has 1 saturated carbocycles. The number of halogens is 1. The van der Waals surface area contributed by atoms with E-state index >= 15 is 0 Å². The third kappa shape index (κ3) is 3.02. The van der Waals surface area contributed by atoms with Crippen molar-refractivity contribution in [3.8, 4) is 0 Å². The second-order valence-corrected chi connectivity index (χ2v) is 5.99. The Morgan fingerprint density at radius 2 is 2.14 bits per heavy atom. The fourth-order valence-electron chi connectivity index (χ4n) is 3.34. The number of esters is 1. The van der Waals surface area contributed by atoms with Crippen LogP contribution in [0.4, 0.5) is 10.1 Å². The molecule has 1 spiro atoms. The first-order valence-electron chi connectivity index (χ1n) is 7.48. The van der Waals surface area contributed by atoms with Crippen LogP contribution in [0, 0.1) is 5.82 Å². The lowest BCUT2D eigenvalue weighted by Gasteiger charge is -2.37. The molecule has 5 heteroatoms. The molecule has 0 aromatic heterocycles. The Labute approximate surface area is 123 Å². The second-order valence-electron chi connectivity index (χ2n) is 5.99. The van der Waals surface area contributed by atoms with Crippen LogP contribution in [0.3, 0.4) is 0 Å². The Kier molecular flexibility index (Phi) is 3.85. The molecule has 1 atom stereocenters. The first-order chi connectivity index (χ1) is 10.1. The van der Waals surface area contributed by atoms with Crippen molar-refractivity contribution in [3.05, 3.63) is 29.6 Å². The van der Waals surface area contributed by atoms with Crippen molar-refractivity contribution in [1.29, 1.82) is 0 Å². The van der Waals surface area contributed by atoms with Crippen LogP contribution in [0.25, 0.3) is 0 Å². The van der Waals surface area contributed by atoms with E-state index in [0.717, 1.165) is 19.3 Å². The minimum atomic E-state index is -0.525. The van der Waals surface area contributed by atoms with Gasteiger partial charge in [0.05, 0.1) is 23.5 Å². The van der Waals surface area contributed by atoms with E-state index < -0.39 is 11.8 Å². The van der Waals surface area contributed by atoms with Crippen molar-refractivity contribution in [2.75, 3.05) is 12.3 Å². The van der Waals surface area contributed by atoms with E-state index in [9.17, 15) is 9.18 Å². The summed E-state index contributed by atoms with van der Waals surface area (Å²) in [6.07, 6.45) is 5.79. The summed E-state index contributed by atoms with van der Waals surface area (Å²) in [5.74, 6) is -0.968. The van der Waals surface area contributed by atoms with Crippen LogP contribution in [0.5, 0.6) is 0 Å². The number of nitrogens with two attached hydrogens (primary N) is 1. The summed E-state index contributed by atoms with van der Waals surface area (Å²) >= 11 is 0. The molecule has 1 aromatic carbocycles. The minimum absolute atomic E-state index is 0.0382. The van der Waals surface area contributed by atoms with Crippen LogP contribution in [0.2, 0.25) is 0 Å². The topological polar surface area (TPSA) is 61.6 Å². The molecule has 0 radical (unpaired) electrons. The van der Waals surface area contributed by atoms with Gasteiger partial charge in [0.1, 0.15) is 11.9 Å². The Balaban J connectivity index is 1.65. The van der Waals surface area contributed by atoms with Gasteiger partial charge in [-0.1, -0.05) is 12.8 Å². The average Bonchev–Trinajstić information content (AvgIpc) is 2.89. The van der Waals surface area contributed by atoms with E-state index in [1.807, 2.05) is 0 Å². The number of carbonyl (C=O) groups is 1. The zero-order chi connectivity index (χ0) is 14.9. The van der Waals surface area contributed by atoms with Gasteiger partial charge in [-0.3, -0.25) is 0 Å². The molecular formula is C16H20FNO3. The van der Waals surface area contributed by atoms with Gasteiger partial charge >= 0.3 is 5.97 Å². The second kappa shape index (κ2) is 5.64. The fraction of sp³-hybridized carbons (Fsp3) is 0.562. The number of anilines is 1. The third-order valence-electron chi connectivity index (χ3n) is 4.47. The van der Waals surface area contributed by atoms with Gasteiger partial charge in [0.2, 0.25) is 0 Å². The van der Waals surface area contributed by atoms with Crippen LogP contribution in [-0.4, -0.2) is 24.3 Å². The number of nitrogen functional groups attached to an aromatic ring is 1. The monoisotopic (exact) mass is 293 g/mol. The van der Waals surface area contributed by atoms with Crippen molar-refractivity contribution in [2.45, 2.75) is 50.2 Å². The van der Waals surface area contributed by atoms with Crippen LogP contribution >= 0.6 is 0 Å². The van der Waals surface area contributed by atoms with Gasteiger partial charge in [0.15, 0.2) is 0 Å². The molecule has 2 fully saturated rings. The molecule has 0 bridgehead atoms. The van der Waals surface area contributed by atoms with E-state index in [0.29, 0.717) is 18.6 Å². The highest BCUT2D eigenvalue weighted by Gasteiger charge is 2.41. The van der Waals surface area contributed by atoms with Crippen molar-refractivity contribution in [2.24, 2.45) is 0 Å². The average molecular weight is 293 g/mol. The van der Waals surface area contributed by atoms with E-state index in [1.54, 1.807) is 0 Å². The molecule has 1 aliphatic heterocycles. The van der Waals surface area contributed by atoms with E-state index in [4.69, 9.17) is 15.2 Å². The number of rotatable bonds is 2. The molecule has 2 N–H and O–H groups in total. The predicted octanol–water partition coefficient (Wildman–Crippen LogP) is 3.06. The lowest BCUT2D eigenvalue weighted by molar-refractivity contribution is -0.117. The van der Waals surface area contributed by atoms with Crippen LogP contribution < -0.4 is 5.73 Å². The molecule has 2 aliphatic rings. The highest BCUT2D eigenvalue weighted by molar-refractivity contribution is 5.90. The molecule has 0 amide bonds. The first kappa shape index (κ1) is 14.3. The first-order valence-corrected chi connectivity index (χ1v) is 7.48. The Morgan fingerprint density at radius 3 is 2.86 bits per heavy atom. The maximum absolute atomic E-state index is 13.1. The quantitative estimate of drug-likeness (QED) is 0.672. The van der Waals surface area contributed by atoms with Gasteiger partial charge in [-0.15, -0.1) is 0 Å². The summed E-state index contributed by atoms with van der Waals surface area (Å²) in [5.41, 5.74) is 5.65. The molecule has 1 aliphatic carbocycles. The predicted molar refractivity (Wildman–Crippen MR) is 76.4 cm³/mol. The number of benzene rings is 1. The molecule has 1 unspecified atom stereocenters. The lowest BCUT2D eigenvalue weighted by Crippen LogP contribution is -2.41. The summed E-state index contributed by atoms with van der Waals surface area (Å²) in [4.78, 5) is 12.1. The van der Waals surface area contributed by atoms with Gasteiger partial charge in [-0.2, -0.15) is 0 Å². The van der Waals surface area contributed by atoms with Gasteiger partial charge in [-0.05, 0) is 31.0 Å². The molecule has 3 rings (SSSR count). The van der Waals surface area contributed by atoms with Crippen LogP contribution in [-0.2, 0) is 9.47 Å². The summed E-state index contributed by atoms with van der Waals surface area (Å²) in [6.45, 7) is 0.628. The highest BCUT2D eigenvalue weighted by Crippen LogP contribution is 2.40. The van der Waals surface area contributed by atoms with Gasteiger partial charge in [0.25, 0.3) is 0 Å². The maximum Gasteiger partial charge on any atom is 0.338 e. The van der Waals surface area contributed by atoms with Crippen LogP contribution in [0.15, 0.2) is 18.2 Å². The van der Waals surface area contributed by atoms with Gasteiger partial charge in [0, 0.05) is 12.8 Å². The largest absolute Gasteiger partial charge is 0.459 e. The number of ether oxygens (including phenoxy) is 2. The highest BCUT2D eigenvalue weighted by atomic mass is 19.1. The molecule has 4 nitrogen and oxygen atoms in total.